The van der Waals surface area contributed by atoms with E-state index in [1.54, 1.807) is 0 Å². The molecule has 0 unspecified atom stereocenters. The number of carboxylic acid groups (broad SMARTS) is 1. The molecule has 90 valence electrons. The molecule has 0 aromatic carbocycles. The van der Waals surface area contributed by atoms with Crippen LogP contribution in [0.4, 0.5) is 0 Å². The topological polar surface area (TPSA) is 40.1 Å². The lowest BCUT2D eigenvalue weighted by Gasteiger charge is -2.28. The molecule has 3 heteroatoms. The van der Waals surface area contributed by atoms with Crippen LogP contribution in [0.15, 0.2) is 0 Å². The Kier molecular flexibility index (Phi) is 7.39. The second kappa shape index (κ2) is 7.69. The molecule has 1 rings (SSSR count). The van der Waals surface area contributed by atoms with Crippen LogP contribution in [0.2, 0.25) is 0 Å². The quantitative estimate of drug-likeness (QED) is 0.661. The lowest BCUT2D eigenvalue weighted by molar-refractivity contribution is -0.897. The van der Waals surface area contributed by atoms with Crippen molar-refractivity contribution in [3.05, 3.63) is 0 Å². The minimum Gasteiger partial charge on any atom is -0.550 e. The fraction of sp³-hybridized carbons (Fsp3) is 0.917. The van der Waals surface area contributed by atoms with E-state index >= 15 is 0 Å². The summed E-state index contributed by atoms with van der Waals surface area (Å²) in [6.07, 6.45) is 5.80. The highest BCUT2D eigenvalue weighted by atomic mass is 16.4. The molecular formula is C12H25NO2. The summed E-state index contributed by atoms with van der Waals surface area (Å²) in [5.41, 5.74) is 0. The molecular weight excluding hydrogens is 190 g/mol. The lowest BCUT2D eigenvalue weighted by atomic mass is 10.3. The molecule has 0 bridgehead atoms. The lowest BCUT2D eigenvalue weighted by Crippen LogP contribution is -2.41. The SMILES string of the molecule is CCC(=O)[O-].CCCC[N+]1(C)CCCC1. The highest BCUT2D eigenvalue weighted by Gasteiger charge is 2.25. The van der Waals surface area contributed by atoms with Crippen LogP contribution < -0.4 is 5.11 Å². The Bertz CT molecular complexity index is 174. The van der Waals surface area contributed by atoms with Gasteiger partial charge in [-0.1, -0.05) is 20.3 Å². The van der Waals surface area contributed by atoms with Gasteiger partial charge >= 0.3 is 0 Å². The number of carbonyl (C=O) groups excluding carboxylic acids is 1. The molecule has 0 spiro atoms. The molecule has 1 heterocycles. The zero-order valence-corrected chi connectivity index (χ0v) is 10.4. The van der Waals surface area contributed by atoms with E-state index in [-0.39, 0.29) is 6.42 Å². The maximum Gasteiger partial charge on any atom is 0.0786 e. The molecule has 0 aromatic rings. The first-order chi connectivity index (χ1) is 7.04. The van der Waals surface area contributed by atoms with Gasteiger partial charge < -0.3 is 14.4 Å². The third kappa shape index (κ3) is 7.37. The van der Waals surface area contributed by atoms with Gasteiger partial charge in [0.1, 0.15) is 0 Å². The first-order valence-electron chi connectivity index (χ1n) is 6.07. The van der Waals surface area contributed by atoms with Crippen LogP contribution in [-0.4, -0.2) is 37.1 Å². The van der Waals surface area contributed by atoms with Gasteiger partial charge in [0.25, 0.3) is 0 Å². The molecule has 0 radical (unpaired) electrons. The first kappa shape index (κ1) is 14.4. The van der Waals surface area contributed by atoms with E-state index in [0.717, 1.165) is 0 Å². The Labute approximate surface area is 93.7 Å². The predicted molar refractivity (Wildman–Crippen MR) is 60.2 cm³/mol. The number of carbonyl (C=O) groups is 1. The Morgan fingerprint density at radius 2 is 1.73 bits per heavy atom. The third-order valence-electron chi connectivity index (χ3n) is 2.99. The fourth-order valence-corrected chi connectivity index (χ4v) is 1.86. The summed E-state index contributed by atoms with van der Waals surface area (Å²) in [6, 6.07) is 0. The number of aliphatic carboxylic acids is 1. The second-order valence-electron chi connectivity index (χ2n) is 4.58. The molecule has 0 atom stereocenters. The predicted octanol–water partition coefficient (Wildman–Crippen LogP) is 1.17. The van der Waals surface area contributed by atoms with Crippen molar-refractivity contribution >= 4 is 5.97 Å². The van der Waals surface area contributed by atoms with Crippen LogP contribution in [0.5, 0.6) is 0 Å². The molecule has 15 heavy (non-hydrogen) atoms. The number of hydrogen-bond acceptors (Lipinski definition) is 2. The van der Waals surface area contributed by atoms with Crippen LogP contribution in [0.1, 0.15) is 46.0 Å². The molecule has 0 N–H and O–H groups in total. The van der Waals surface area contributed by atoms with E-state index in [1.165, 1.54) is 56.7 Å². The van der Waals surface area contributed by atoms with Crippen molar-refractivity contribution in [2.45, 2.75) is 46.0 Å². The molecule has 1 saturated heterocycles. The minimum atomic E-state index is -0.995. The van der Waals surface area contributed by atoms with Crippen LogP contribution >= 0.6 is 0 Å². The van der Waals surface area contributed by atoms with Gasteiger partial charge in [0.2, 0.25) is 0 Å². The van der Waals surface area contributed by atoms with Crippen molar-refractivity contribution in [3.63, 3.8) is 0 Å². The van der Waals surface area contributed by atoms with Crippen molar-refractivity contribution in [2.75, 3.05) is 26.7 Å². The summed E-state index contributed by atoms with van der Waals surface area (Å²) in [5.74, 6) is -0.995. The smallest absolute Gasteiger partial charge is 0.0786 e. The van der Waals surface area contributed by atoms with E-state index < -0.39 is 5.97 Å². The first-order valence-corrected chi connectivity index (χ1v) is 6.07. The molecule has 0 amide bonds. The zero-order valence-electron chi connectivity index (χ0n) is 10.4. The van der Waals surface area contributed by atoms with Crippen molar-refractivity contribution in [1.82, 2.24) is 0 Å². The number of hydrogen-bond donors (Lipinski definition) is 0. The summed E-state index contributed by atoms with van der Waals surface area (Å²) in [7, 11) is 2.41. The van der Waals surface area contributed by atoms with Gasteiger partial charge in [-0.3, -0.25) is 0 Å². The van der Waals surface area contributed by atoms with Crippen molar-refractivity contribution in [3.8, 4) is 0 Å². The maximum absolute atomic E-state index is 9.26. The highest BCUT2D eigenvalue weighted by molar-refractivity contribution is 5.63. The molecule has 0 saturated carbocycles. The van der Waals surface area contributed by atoms with Gasteiger partial charge in [-0.15, -0.1) is 0 Å². The van der Waals surface area contributed by atoms with E-state index in [9.17, 15) is 9.90 Å². The van der Waals surface area contributed by atoms with E-state index in [1.807, 2.05) is 0 Å². The Balaban J connectivity index is 0.000000336. The third-order valence-corrected chi connectivity index (χ3v) is 2.99. The number of carboxylic acids is 1. The van der Waals surface area contributed by atoms with Gasteiger partial charge in [-0.2, -0.15) is 0 Å². The summed E-state index contributed by atoms with van der Waals surface area (Å²) in [6.45, 7) is 8.09. The average Bonchev–Trinajstić information content (AvgIpc) is 2.64. The monoisotopic (exact) mass is 215 g/mol. The molecule has 1 aliphatic rings. The summed E-state index contributed by atoms with van der Waals surface area (Å²) < 4.78 is 1.36. The van der Waals surface area contributed by atoms with Crippen LogP contribution in [0.25, 0.3) is 0 Å². The Morgan fingerprint density at radius 1 is 1.27 bits per heavy atom. The van der Waals surface area contributed by atoms with Crippen LogP contribution in [-0.2, 0) is 4.79 Å². The maximum atomic E-state index is 9.26. The molecule has 3 nitrogen and oxygen atoms in total. The van der Waals surface area contributed by atoms with E-state index in [2.05, 4.69) is 14.0 Å². The number of rotatable bonds is 4. The summed E-state index contributed by atoms with van der Waals surface area (Å²) in [5, 5.41) is 9.26. The van der Waals surface area contributed by atoms with Gasteiger partial charge in [-0.25, -0.2) is 0 Å². The number of unbranched alkanes of at least 4 members (excludes halogenated alkanes) is 1. The van der Waals surface area contributed by atoms with Crippen molar-refractivity contribution in [2.24, 2.45) is 0 Å². The number of nitrogens with zero attached hydrogens (tertiary/aromatic N) is 1. The van der Waals surface area contributed by atoms with Crippen molar-refractivity contribution < 1.29 is 14.4 Å². The van der Waals surface area contributed by atoms with E-state index in [4.69, 9.17) is 0 Å². The zero-order chi connectivity index (χ0) is 11.7. The van der Waals surface area contributed by atoms with Gasteiger partial charge in [-0.05, 0) is 12.8 Å². The normalized spacial score (nSPS) is 18.1. The fourth-order valence-electron chi connectivity index (χ4n) is 1.86. The Morgan fingerprint density at radius 3 is 2.07 bits per heavy atom. The summed E-state index contributed by atoms with van der Waals surface area (Å²) in [4.78, 5) is 9.26. The molecule has 1 aliphatic heterocycles. The van der Waals surface area contributed by atoms with Crippen molar-refractivity contribution in [1.29, 1.82) is 0 Å². The van der Waals surface area contributed by atoms with E-state index in [0.29, 0.717) is 0 Å². The average molecular weight is 215 g/mol. The minimum absolute atomic E-state index is 0.111. The Hall–Kier alpha value is -0.570. The second-order valence-corrected chi connectivity index (χ2v) is 4.58. The number of likely N-dealkylation sites (tertiary alicyclic amines) is 1. The highest BCUT2D eigenvalue weighted by Crippen LogP contribution is 2.16. The van der Waals surface area contributed by atoms with Crippen LogP contribution in [0.3, 0.4) is 0 Å². The van der Waals surface area contributed by atoms with Crippen LogP contribution in [0, 0.1) is 0 Å². The molecule has 0 aromatic heterocycles. The summed E-state index contributed by atoms with van der Waals surface area (Å²) >= 11 is 0. The van der Waals surface area contributed by atoms with Gasteiger partial charge in [0.15, 0.2) is 0 Å². The standard InChI is InChI=1S/C9H20N.C3H6O2/c1-3-4-7-10(2)8-5-6-9-10;1-2-3(4)5/h3-9H2,1-2H3;2H2,1H3,(H,4,5)/q+1;/p-1. The van der Waals surface area contributed by atoms with Gasteiger partial charge in [0, 0.05) is 18.8 Å². The number of quaternary nitrogens is 1. The van der Waals surface area contributed by atoms with Gasteiger partial charge in [0.05, 0.1) is 26.7 Å². The molecule has 0 aliphatic carbocycles. The largest absolute Gasteiger partial charge is 0.550 e. The molecule has 1 fully saturated rings.